The number of nitrogens with one attached hydrogen (secondary N) is 1. The Labute approximate surface area is 114 Å². The third-order valence-corrected chi connectivity index (χ3v) is 3.82. The van der Waals surface area contributed by atoms with Gasteiger partial charge in [-0.05, 0) is 31.4 Å². The largest absolute Gasteiger partial charge is 0.352 e. The molecule has 1 aromatic rings. The molecule has 19 heavy (non-hydrogen) atoms. The summed E-state index contributed by atoms with van der Waals surface area (Å²) in [5.74, 6) is 0.0463. The standard InChI is InChI=1S/C15H23N3O/c1-12-5-6-13(10-17-12)11-18-14(19)9-15(16)7-3-2-4-8-15/h5-6,10H,2-4,7-9,11,16H2,1H3,(H,18,19). The highest BCUT2D eigenvalue weighted by Gasteiger charge is 2.29. The third kappa shape index (κ3) is 4.31. The van der Waals surface area contributed by atoms with E-state index in [1.807, 2.05) is 19.1 Å². The summed E-state index contributed by atoms with van der Waals surface area (Å²) in [6, 6.07) is 3.94. The van der Waals surface area contributed by atoms with Crippen LogP contribution in [0.25, 0.3) is 0 Å². The van der Waals surface area contributed by atoms with Crippen LogP contribution in [0.15, 0.2) is 18.3 Å². The Hall–Kier alpha value is -1.42. The summed E-state index contributed by atoms with van der Waals surface area (Å²) in [6.07, 6.45) is 7.70. The fraction of sp³-hybridized carbons (Fsp3) is 0.600. The van der Waals surface area contributed by atoms with E-state index in [-0.39, 0.29) is 11.4 Å². The Morgan fingerprint density at radius 3 is 2.74 bits per heavy atom. The van der Waals surface area contributed by atoms with E-state index < -0.39 is 0 Å². The molecule has 0 radical (unpaired) electrons. The van der Waals surface area contributed by atoms with Crippen molar-refractivity contribution in [2.45, 2.75) is 57.5 Å². The van der Waals surface area contributed by atoms with Gasteiger partial charge in [-0.3, -0.25) is 9.78 Å². The lowest BCUT2D eigenvalue weighted by Gasteiger charge is -2.32. The van der Waals surface area contributed by atoms with E-state index in [9.17, 15) is 4.79 Å². The molecule has 1 aliphatic carbocycles. The Morgan fingerprint density at radius 2 is 2.11 bits per heavy atom. The van der Waals surface area contributed by atoms with Crippen LogP contribution >= 0.6 is 0 Å². The number of carbonyl (C=O) groups excluding carboxylic acids is 1. The molecule has 1 aromatic heterocycles. The highest BCUT2D eigenvalue weighted by molar-refractivity contribution is 5.77. The van der Waals surface area contributed by atoms with Gasteiger partial charge in [-0.15, -0.1) is 0 Å². The zero-order valence-corrected chi connectivity index (χ0v) is 11.6. The summed E-state index contributed by atoms with van der Waals surface area (Å²) in [5.41, 5.74) is 8.00. The molecule has 1 amide bonds. The van der Waals surface area contributed by atoms with Crippen molar-refractivity contribution in [1.29, 1.82) is 0 Å². The number of carbonyl (C=O) groups is 1. The number of rotatable bonds is 4. The van der Waals surface area contributed by atoms with Crippen molar-refractivity contribution in [3.63, 3.8) is 0 Å². The number of hydrogen-bond donors (Lipinski definition) is 2. The molecule has 2 rings (SSSR count). The Bertz CT molecular complexity index is 422. The lowest BCUT2D eigenvalue weighted by molar-refractivity contribution is -0.122. The number of aromatic nitrogens is 1. The number of aryl methyl sites for hydroxylation is 1. The second-order valence-electron chi connectivity index (χ2n) is 5.68. The molecule has 4 heteroatoms. The van der Waals surface area contributed by atoms with Gasteiger partial charge in [0.1, 0.15) is 0 Å². The van der Waals surface area contributed by atoms with Crippen molar-refractivity contribution in [3.05, 3.63) is 29.6 Å². The third-order valence-electron chi connectivity index (χ3n) is 3.82. The summed E-state index contributed by atoms with van der Waals surface area (Å²) in [4.78, 5) is 16.2. The van der Waals surface area contributed by atoms with Gasteiger partial charge in [-0.1, -0.05) is 25.3 Å². The maximum absolute atomic E-state index is 11.9. The fourth-order valence-corrected chi connectivity index (χ4v) is 2.62. The molecule has 0 atom stereocenters. The topological polar surface area (TPSA) is 68.0 Å². The SMILES string of the molecule is Cc1ccc(CNC(=O)CC2(N)CCCCC2)cn1. The van der Waals surface area contributed by atoms with Crippen molar-refractivity contribution >= 4 is 5.91 Å². The first-order chi connectivity index (χ1) is 9.07. The highest BCUT2D eigenvalue weighted by Crippen LogP contribution is 2.28. The first kappa shape index (κ1) is 14.0. The number of amides is 1. The number of pyridine rings is 1. The lowest BCUT2D eigenvalue weighted by Crippen LogP contribution is -2.45. The van der Waals surface area contributed by atoms with Crippen molar-refractivity contribution in [2.75, 3.05) is 0 Å². The molecule has 3 N–H and O–H groups in total. The van der Waals surface area contributed by atoms with Crippen molar-refractivity contribution in [3.8, 4) is 0 Å². The molecule has 0 aliphatic heterocycles. The second kappa shape index (κ2) is 6.15. The molecule has 0 unspecified atom stereocenters. The Kier molecular flexibility index (Phi) is 4.53. The predicted octanol–water partition coefficient (Wildman–Crippen LogP) is 2.06. The van der Waals surface area contributed by atoms with Gasteiger partial charge in [0.2, 0.25) is 5.91 Å². The van der Waals surface area contributed by atoms with Crippen LogP contribution in [0.5, 0.6) is 0 Å². The summed E-state index contributed by atoms with van der Waals surface area (Å²) >= 11 is 0. The predicted molar refractivity (Wildman–Crippen MR) is 75.4 cm³/mol. The van der Waals surface area contributed by atoms with Gasteiger partial charge in [0.05, 0.1) is 0 Å². The van der Waals surface area contributed by atoms with Crippen LogP contribution < -0.4 is 11.1 Å². The molecule has 0 aromatic carbocycles. The normalized spacial score (nSPS) is 18.0. The van der Waals surface area contributed by atoms with Crippen LogP contribution in [0.3, 0.4) is 0 Å². The molecule has 0 bridgehead atoms. The fourth-order valence-electron chi connectivity index (χ4n) is 2.62. The van der Waals surface area contributed by atoms with Gasteiger partial charge < -0.3 is 11.1 Å². The number of nitrogens with two attached hydrogens (primary N) is 1. The van der Waals surface area contributed by atoms with Gasteiger partial charge in [-0.2, -0.15) is 0 Å². The average Bonchev–Trinajstić information content (AvgIpc) is 2.38. The molecular formula is C15H23N3O. The van der Waals surface area contributed by atoms with Crippen molar-refractivity contribution < 1.29 is 4.79 Å². The Balaban J connectivity index is 1.79. The number of hydrogen-bond acceptors (Lipinski definition) is 3. The smallest absolute Gasteiger partial charge is 0.222 e. The Morgan fingerprint density at radius 1 is 1.37 bits per heavy atom. The minimum absolute atomic E-state index is 0.0463. The van der Waals surface area contributed by atoms with Gasteiger partial charge in [0.15, 0.2) is 0 Å². The first-order valence-electron chi connectivity index (χ1n) is 7.05. The highest BCUT2D eigenvalue weighted by atomic mass is 16.1. The maximum atomic E-state index is 11.9. The second-order valence-corrected chi connectivity index (χ2v) is 5.68. The van der Waals surface area contributed by atoms with Crippen LogP contribution in [0.1, 0.15) is 49.8 Å². The van der Waals surface area contributed by atoms with Crippen LogP contribution in [-0.4, -0.2) is 16.4 Å². The van der Waals surface area contributed by atoms with Gasteiger partial charge >= 0.3 is 0 Å². The molecule has 1 saturated carbocycles. The maximum Gasteiger partial charge on any atom is 0.222 e. The summed E-state index contributed by atoms with van der Waals surface area (Å²) in [7, 11) is 0. The van der Waals surface area contributed by atoms with Gasteiger partial charge in [-0.25, -0.2) is 0 Å². The van der Waals surface area contributed by atoms with Crippen LogP contribution in [0.2, 0.25) is 0 Å². The van der Waals surface area contributed by atoms with Gasteiger partial charge in [0.25, 0.3) is 0 Å². The molecule has 1 fully saturated rings. The minimum atomic E-state index is -0.284. The summed E-state index contributed by atoms with van der Waals surface area (Å²) in [5, 5.41) is 2.93. The van der Waals surface area contributed by atoms with E-state index in [4.69, 9.17) is 5.73 Å². The van der Waals surface area contributed by atoms with E-state index in [0.29, 0.717) is 13.0 Å². The van der Waals surface area contributed by atoms with Crippen LogP contribution in [0, 0.1) is 6.92 Å². The summed E-state index contributed by atoms with van der Waals surface area (Å²) < 4.78 is 0. The molecular weight excluding hydrogens is 238 g/mol. The first-order valence-corrected chi connectivity index (χ1v) is 7.05. The molecule has 4 nitrogen and oxygen atoms in total. The molecule has 0 spiro atoms. The molecule has 1 aliphatic rings. The monoisotopic (exact) mass is 261 g/mol. The van der Waals surface area contributed by atoms with Crippen LogP contribution in [-0.2, 0) is 11.3 Å². The zero-order chi connectivity index (χ0) is 13.7. The molecule has 104 valence electrons. The number of nitrogens with zero attached hydrogens (tertiary/aromatic N) is 1. The van der Waals surface area contributed by atoms with E-state index in [2.05, 4.69) is 10.3 Å². The quantitative estimate of drug-likeness (QED) is 0.871. The molecule has 0 saturated heterocycles. The summed E-state index contributed by atoms with van der Waals surface area (Å²) in [6.45, 7) is 2.48. The molecule has 1 heterocycles. The van der Waals surface area contributed by atoms with E-state index in [0.717, 1.165) is 36.9 Å². The lowest BCUT2D eigenvalue weighted by atomic mass is 9.80. The van der Waals surface area contributed by atoms with Crippen molar-refractivity contribution in [2.24, 2.45) is 5.73 Å². The van der Waals surface area contributed by atoms with E-state index in [1.165, 1.54) is 6.42 Å². The average molecular weight is 261 g/mol. The van der Waals surface area contributed by atoms with Gasteiger partial charge in [0, 0.05) is 30.4 Å². The van der Waals surface area contributed by atoms with E-state index in [1.54, 1.807) is 6.20 Å². The van der Waals surface area contributed by atoms with Crippen molar-refractivity contribution in [1.82, 2.24) is 10.3 Å². The van der Waals surface area contributed by atoms with Crippen LogP contribution in [0.4, 0.5) is 0 Å². The zero-order valence-electron chi connectivity index (χ0n) is 11.6. The minimum Gasteiger partial charge on any atom is -0.352 e. The van der Waals surface area contributed by atoms with E-state index >= 15 is 0 Å².